The number of furan rings is 1. The minimum atomic E-state index is 0.750. The first kappa shape index (κ1) is 11.9. The standard InChI is InChI=1S/C4H4O.C4H4S.C2H7N/c2*1-2-4-5-3-1;1-2-3/h2*1-4H;2-3H2,1H3. The summed E-state index contributed by atoms with van der Waals surface area (Å²) in [5.74, 6) is 0. The van der Waals surface area contributed by atoms with Crippen molar-refractivity contribution in [1.29, 1.82) is 0 Å². The molecule has 0 radical (unpaired) electrons. The van der Waals surface area contributed by atoms with Crippen LogP contribution in [0.4, 0.5) is 0 Å². The van der Waals surface area contributed by atoms with Gasteiger partial charge in [-0.2, -0.15) is 11.3 Å². The molecule has 2 aromatic heterocycles. The minimum Gasteiger partial charge on any atom is -0.473 e. The van der Waals surface area contributed by atoms with E-state index in [0.717, 1.165) is 6.54 Å². The Labute approximate surface area is 83.0 Å². The van der Waals surface area contributed by atoms with Gasteiger partial charge in [-0.3, -0.25) is 0 Å². The van der Waals surface area contributed by atoms with E-state index >= 15 is 0 Å². The number of hydrogen-bond acceptors (Lipinski definition) is 3. The van der Waals surface area contributed by atoms with Gasteiger partial charge in [0.25, 0.3) is 0 Å². The lowest BCUT2D eigenvalue weighted by atomic mass is 10.7. The zero-order valence-corrected chi connectivity index (χ0v) is 8.54. The molecule has 0 fully saturated rings. The predicted octanol–water partition coefficient (Wildman–Crippen LogP) is 2.99. The highest BCUT2D eigenvalue weighted by molar-refractivity contribution is 7.07. The van der Waals surface area contributed by atoms with Crippen LogP contribution < -0.4 is 5.73 Å². The van der Waals surface area contributed by atoms with Gasteiger partial charge >= 0.3 is 0 Å². The second-order valence-electron chi connectivity index (χ2n) is 1.99. The van der Waals surface area contributed by atoms with Crippen molar-refractivity contribution in [2.45, 2.75) is 6.92 Å². The van der Waals surface area contributed by atoms with Crippen LogP contribution in [-0.4, -0.2) is 6.54 Å². The Kier molecular flexibility index (Phi) is 10.0. The number of rotatable bonds is 0. The molecular weight excluding hydrogens is 182 g/mol. The Morgan fingerprint density at radius 2 is 1.54 bits per heavy atom. The maximum absolute atomic E-state index is 4.85. The fourth-order valence-electron chi connectivity index (χ4n) is 0.454. The molecule has 2 heterocycles. The lowest BCUT2D eigenvalue weighted by Gasteiger charge is -1.53. The SMILES string of the molecule is CCN.c1ccoc1.c1ccsc1. The van der Waals surface area contributed by atoms with Crippen LogP contribution in [0.15, 0.2) is 52.0 Å². The largest absolute Gasteiger partial charge is 0.473 e. The molecule has 0 aliphatic heterocycles. The predicted molar refractivity (Wildman–Crippen MR) is 57.8 cm³/mol. The number of thiophene rings is 1. The molecule has 0 bridgehead atoms. The topological polar surface area (TPSA) is 39.2 Å². The van der Waals surface area contributed by atoms with E-state index in [9.17, 15) is 0 Å². The van der Waals surface area contributed by atoms with Crippen LogP contribution in [0.2, 0.25) is 0 Å². The molecule has 13 heavy (non-hydrogen) atoms. The zero-order chi connectivity index (χ0) is 9.78. The van der Waals surface area contributed by atoms with Crippen LogP contribution in [0.5, 0.6) is 0 Å². The van der Waals surface area contributed by atoms with Crippen molar-refractivity contribution in [2.75, 3.05) is 6.54 Å². The molecule has 0 amide bonds. The van der Waals surface area contributed by atoms with Gasteiger partial charge in [0.1, 0.15) is 0 Å². The molecule has 0 atom stereocenters. The molecule has 2 N–H and O–H groups in total. The van der Waals surface area contributed by atoms with E-state index in [-0.39, 0.29) is 0 Å². The van der Waals surface area contributed by atoms with E-state index in [0.29, 0.717) is 0 Å². The van der Waals surface area contributed by atoms with Gasteiger partial charge in [-0.05, 0) is 29.4 Å². The fraction of sp³-hybridized carbons (Fsp3) is 0.200. The average molecular weight is 197 g/mol. The molecule has 72 valence electrons. The second-order valence-corrected chi connectivity index (χ2v) is 2.81. The molecule has 0 saturated carbocycles. The van der Waals surface area contributed by atoms with Crippen molar-refractivity contribution >= 4 is 11.3 Å². The monoisotopic (exact) mass is 197 g/mol. The first-order chi connectivity index (χ1) is 6.41. The highest BCUT2D eigenvalue weighted by Gasteiger charge is 1.59. The quantitative estimate of drug-likeness (QED) is 0.705. The van der Waals surface area contributed by atoms with Crippen molar-refractivity contribution in [3.05, 3.63) is 47.6 Å². The van der Waals surface area contributed by atoms with Crippen LogP contribution >= 0.6 is 11.3 Å². The van der Waals surface area contributed by atoms with Gasteiger partial charge in [-0.25, -0.2) is 0 Å². The van der Waals surface area contributed by atoms with E-state index in [1.807, 2.05) is 41.9 Å². The smallest absolute Gasteiger partial charge is 0.0902 e. The summed E-state index contributed by atoms with van der Waals surface area (Å²) in [6, 6.07) is 7.70. The molecular formula is C10H15NOS. The third-order valence-corrected chi connectivity index (χ3v) is 1.48. The van der Waals surface area contributed by atoms with Crippen molar-refractivity contribution in [2.24, 2.45) is 5.73 Å². The third kappa shape index (κ3) is 10.9. The fourth-order valence-corrected chi connectivity index (χ4v) is 0.907. The Hall–Kier alpha value is -1.06. The van der Waals surface area contributed by atoms with Crippen molar-refractivity contribution < 1.29 is 4.42 Å². The van der Waals surface area contributed by atoms with Gasteiger partial charge < -0.3 is 10.2 Å². The summed E-state index contributed by atoms with van der Waals surface area (Å²) >= 11 is 1.71. The Balaban J connectivity index is 0.000000174. The van der Waals surface area contributed by atoms with E-state index in [2.05, 4.69) is 4.42 Å². The van der Waals surface area contributed by atoms with Crippen LogP contribution in [0, 0.1) is 0 Å². The lowest BCUT2D eigenvalue weighted by molar-refractivity contribution is 0.567. The average Bonchev–Trinajstić information content (AvgIpc) is 2.85. The van der Waals surface area contributed by atoms with Crippen LogP contribution in [0.3, 0.4) is 0 Å². The van der Waals surface area contributed by atoms with Crippen LogP contribution in [-0.2, 0) is 0 Å². The van der Waals surface area contributed by atoms with Crippen LogP contribution in [0.25, 0.3) is 0 Å². The van der Waals surface area contributed by atoms with Gasteiger partial charge in [0.2, 0.25) is 0 Å². The van der Waals surface area contributed by atoms with E-state index < -0.39 is 0 Å². The number of hydrogen-bond donors (Lipinski definition) is 1. The maximum atomic E-state index is 4.85. The first-order valence-electron chi connectivity index (χ1n) is 4.06. The van der Waals surface area contributed by atoms with Crippen LogP contribution in [0.1, 0.15) is 6.92 Å². The summed E-state index contributed by atoms with van der Waals surface area (Å²) in [7, 11) is 0. The second kappa shape index (κ2) is 10.9. The molecule has 0 unspecified atom stereocenters. The van der Waals surface area contributed by atoms with Crippen molar-refractivity contribution in [3.63, 3.8) is 0 Å². The summed E-state index contributed by atoms with van der Waals surface area (Å²) in [6.45, 7) is 2.65. The van der Waals surface area contributed by atoms with Gasteiger partial charge in [0.05, 0.1) is 12.5 Å². The molecule has 3 heteroatoms. The first-order valence-corrected chi connectivity index (χ1v) is 5.00. The van der Waals surface area contributed by atoms with E-state index in [1.54, 1.807) is 23.9 Å². The Morgan fingerprint density at radius 1 is 1.08 bits per heavy atom. The van der Waals surface area contributed by atoms with Gasteiger partial charge in [0.15, 0.2) is 0 Å². The molecule has 2 aromatic rings. The highest BCUT2D eigenvalue weighted by Crippen LogP contribution is 1.91. The maximum Gasteiger partial charge on any atom is 0.0902 e. The molecule has 2 rings (SSSR count). The highest BCUT2D eigenvalue weighted by atomic mass is 32.1. The summed E-state index contributed by atoms with van der Waals surface area (Å²) in [4.78, 5) is 0. The molecule has 0 spiro atoms. The lowest BCUT2D eigenvalue weighted by Crippen LogP contribution is -1.87. The zero-order valence-electron chi connectivity index (χ0n) is 7.72. The molecule has 0 aromatic carbocycles. The molecule has 0 aliphatic rings. The van der Waals surface area contributed by atoms with Crippen molar-refractivity contribution in [3.8, 4) is 0 Å². The molecule has 0 aliphatic carbocycles. The minimum absolute atomic E-state index is 0.750. The van der Waals surface area contributed by atoms with E-state index in [4.69, 9.17) is 5.73 Å². The summed E-state index contributed by atoms with van der Waals surface area (Å²) in [5.41, 5.74) is 4.85. The Bertz CT molecular complexity index is 167. The Morgan fingerprint density at radius 3 is 1.69 bits per heavy atom. The van der Waals surface area contributed by atoms with Crippen molar-refractivity contribution in [1.82, 2.24) is 0 Å². The van der Waals surface area contributed by atoms with Gasteiger partial charge in [-0.1, -0.05) is 19.1 Å². The molecule has 2 nitrogen and oxygen atoms in total. The third-order valence-electron chi connectivity index (χ3n) is 0.851. The van der Waals surface area contributed by atoms with Gasteiger partial charge in [0, 0.05) is 0 Å². The normalized spacial score (nSPS) is 7.54. The molecule has 0 saturated heterocycles. The summed E-state index contributed by atoms with van der Waals surface area (Å²) in [5, 5.41) is 4.08. The van der Waals surface area contributed by atoms with Gasteiger partial charge in [-0.15, -0.1) is 0 Å². The van der Waals surface area contributed by atoms with E-state index in [1.165, 1.54) is 0 Å². The number of nitrogens with two attached hydrogens (primary N) is 1. The summed E-state index contributed by atoms with van der Waals surface area (Å²) < 4.78 is 4.58. The summed E-state index contributed by atoms with van der Waals surface area (Å²) in [6.07, 6.45) is 3.25.